The first-order valence-corrected chi connectivity index (χ1v) is 30.7. The third-order valence-corrected chi connectivity index (χ3v) is 13.4. The molecule has 0 bridgehead atoms. The quantitative estimate of drug-likeness (QED) is 0.0197. The van der Waals surface area contributed by atoms with Crippen LogP contribution in [0.25, 0.3) is 0 Å². The predicted octanol–water partition coefficient (Wildman–Crippen LogP) is 17.1. The summed E-state index contributed by atoms with van der Waals surface area (Å²) in [6.45, 7) is 4.56. The number of hydrogen-bond donors (Lipinski definition) is 2. The van der Waals surface area contributed by atoms with E-state index in [-0.39, 0.29) is 25.9 Å². The van der Waals surface area contributed by atoms with Crippen LogP contribution in [0.4, 0.5) is 0 Å². The summed E-state index contributed by atoms with van der Waals surface area (Å²) in [4.78, 5) is 48.4. The molecule has 0 spiro atoms. The first kappa shape index (κ1) is 69.2. The van der Waals surface area contributed by atoms with E-state index in [1.165, 1.54) is 96.3 Å². The summed E-state index contributed by atoms with van der Waals surface area (Å²) in [6, 6.07) is 0. The Hall–Kier alpha value is -2.82. The number of hydrogen-bond acceptors (Lipinski definition) is 10. The van der Waals surface area contributed by atoms with Crippen LogP contribution in [0.15, 0.2) is 60.8 Å². The van der Waals surface area contributed by atoms with Gasteiger partial charge in [0.1, 0.15) is 12.7 Å². The number of esters is 3. The molecule has 0 heterocycles. The Bertz CT molecular complexity index is 1440. The lowest BCUT2D eigenvalue weighted by Crippen LogP contribution is -2.30. The van der Waals surface area contributed by atoms with E-state index in [1.807, 2.05) is 0 Å². The number of carbonyl (C=O) groups is 3. The van der Waals surface area contributed by atoms with Gasteiger partial charge in [0.25, 0.3) is 0 Å². The topological polar surface area (TPSA) is 155 Å². The van der Waals surface area contributed by atoms with Gasteiger partial charge in [0.2, 0.25) is 0 Å². The smallest absolute Gasteiger partial charge is 0.462 e. The minimum atomic E-state index is -4.75. The van der Waals surface area contributed by atoms with E-state index in [0.717, 1.165) is 109 Å². The van der Waals surface area contributed by atoms with Gasteiger partial charge in [-0.25, -0.2) is 4.57 Å². The van der Waals surface area contributed by atoms with Gasteiger partial charge in [-0.15, -0.1) is 0 Å². The van der Waals surface area contributed by atoms with E-state index in [9.17, 15) is 28.9 Å². The molecule has 2 N–H and O–H groups in total. The first-order chi connectivity index (χ1) is 35.2. The molecule has 0 rings (SSSR count). The molecule has 0 saturated carbocycles. The standard InChI is InChI=1S/C60H107O11P/c1-4-7-10-13-16-19-21-23-25-27-28-30-32-34-36-39-42-45-48-51-60(64)71-57(53-67-58(62)49-46-43-40-37-18-15-12-9-6-3)55-69-72(65,66)68-54-56(52-61)70-59(63)50-47-44-41-38-35-33-31-29-26-24-22-20-17-14-11-8-5-2/h16-17,19-20,23-26,28,30,56-57,61H,4-15,18,21-22,27,29,31-55H2,1-3H3,(H,65,66)/b19-16-,20-17-,25-23-,26-24-,30-28-. The highest BCUT2D eigenvalue weighted by Crippen LogP contribution is 2.43. The Morgan fingerprint density at radius 2 is 0.681 bits per heavy atom. The Labute approximate surface area is 440 Å². The summed E-state index contributed by atoms with van der Waals surface area (Å²) in [5, 5.41) is 9.81. The zero-order chi connectivity index (χ0) is 52.7. The summed E-state index contributed by atoms with van der Waals surface area (Å²) < 4.78 is 39.5. The molecule has 418 valence electrons. The minimum absolute atomic E-state index is 0.153. The van der Waals surface area contributed by atoms with E-state index in [0.29, 0.717) is 19.3 Å². The second kappa shape index (κ2) is 54.4. The van der Waals surface area contributed by atoms with Crippen LogP contribution in [0.5, 0.6) is 0 Å². The van der Waals surface area contributed by atoms with Gasteiger partial charge in [0.05, 0.1) is 19.8 Å². The zero-order valence-corrected chi connectivity index (χ0v) is 47.0. The van der Waals surface area contributed by atoms with Gasteiger partial charge in [-0.2, -0.15) is 0 Å². The summed E-state index contributed by atoms with van der Waals surface area (Å²) in [5.41, 5.74) is 0. The molecular formula is C60H107O11P. The molecule has 0 aliphatic rings. The van der Waals surface area contributed by atoms with Crippen LogP contribution in [0.2, 0.25) is 0 Å². The van der Waals surface area contributed by atoms with Gasteiger partial charge in [-0.3, -0.25) is 23.4 Å². The summed E-state index contributed by atoms with van der Waals surface area (Å²) in [6.07, 6.45) is 58.9. The van der Waals surface area contributed by atoms with Crippen LogP contribution in [-0.2, 0) is 42.2 Å². The molecule has 0 aromatic rings. The van der Waals surface area contributed by atoms with Crippen molar-refractivity contribution in [3.8, 4) is 0 Å². The molecule has 72 heavy (non-hydrogen) atoms. The van der Waals surface area contributed by atoms with Crippen molar-refractivity contribution in [3.63, 3.8) is 0 Å². The SMILES string of the molecule is CCCCC/C=C\C/C=C\C/C=C\CCCCCCCCC(=O)OC(COC(=O)CCCCCCCCCCC)COP(=O)(O)OCC(CO)OC(=O)CCCCCCCCC/C=C\C/C=C\CCCCC. The van der Waals surface area contributed by atoms with Crippen molar-refractivity contribution in [1.29, 1.82) is 0 Å². The number of aliphatic hydroxyl groups is 1. The van der Waals surface area contributed by atoms with Crippen LogP contribution >= 0.6 is 7.82 Å². The second-order valence-electron chi connectivity index (χ2n) is 19.5. The van der Waals surface area contributed by atoms with Crippen LogP contribution in [0.1, 0.15) is 265 Å². The molecule has 3 unspecified atom stereocenters. The van der Waals surface area contributed by atoms with Crippen molar-refractivity contribution in [1.82, 2.24) is 0 Å². The number of carbonyl (C=O) groups excluding carboxylic acids is 3. The zero-order valence-electron chi connectivity index (χ0n) is 46.1. The molecule has 0 aliphatic carbocycles. The van der Waals surface area contributed by atoms with Gasteiger partial charge < -0.3 is 24.2 Å². The molecular weight excluding hydrogens is 928 g/mol. The lowest BCUT2D eigenvalue weighted by atomic mass is 10.1. The number of phosphoric acid groups is 1. The number of aliphatic hydroxyl groups excluding tert-OH is 1. The number of ether oxygens (including phenoxy) is 3. The van der Waals surface area contributed by atoms with E-state index >= 15 is 0 Å². The van der Waals surface area contributed by atoms with Crippen LogP contribution in [0.3, 0.4) is 0 Å². The van der Waals surface area contributed by atoms with Gasteiger partial charge in [0, 0.05) is 19.3 Å². The van der Waals surface area contributed by atoms with Crippen molar-refractivity contribution in [2.24, 2.45) is 0 Å². The maximum absolute atomic E-state index is 12.9. The fourth-order valence-electron chi connectivity index (χ4n) is 7.92. The average molecular weight is 1040 g/mol. The maximum atomic E-state index is 12.9. The average Bonchev–Trinajstić information content (AvgIpc) is 3.37. The molecule has 3 atom stereocenters. The maximum Gasteiger partial charge on any atom is 0.472 e. The lowest BCUT2D eigenvalue weighted by molar-refractivity contribution is -0.161. The van der Waals surface area contributed by atoms with Gasteiger partial charge in [-0.1, -0.05) is 216 Å². The molecule has 0 aliphatic heterocycles. The fourth-order valence-corrected chi connectivity index (χ4v) is 8.71. The number of allylic oxidation sites excluding steroid dienone is 10. The number of unbranched alkanes of at least 4 members (excludes halogenated alkanes) is 27. The molecule has 0 fully saturated rings. The van der Waals surface area contributed by atoms with Crippen molar-refractivity contribution < 1.29 is 52.2 Å². The summed E-state index contributed by atoms with van der Waals surface area (Å²) in [7, 11) is -4.75. The molecule has 12 heteroatoms. The minimum Gasteiger partial charge on any atom is -0.462 e. The molecule has 11 nitrogen and oxygen atoms in total. The molecule has 0 aromatic heterocycles. The van der Waals surface area contributed by atoms with E-state index in [2.05, 4.69) is 81.5 Å². The van der Waals surface area contributed by atoms with Crippen molar-refractivity contribution >= 4 is 25.7 Å². The molecule has 0 radical (unpaired) electrons. The van der Waals surface area contributed by atoms with Gasteiger partial charge in [0.15, 0.2) is 6.10 Å². The number of phosphoric ester groups is 1. The molecule has 0 amide bonds. The normalized spacial score (nSPS) is 13.8. The Morgan fingerprint density at radius 1 is 0.389 bits per heavy atom. The van der Waals surface area contributed by atoms with E-state index < -0.39 is 57.8 Å². The fraction of sp³-hybridized carbons (Fsp3) is 0.783. The molecule has 0 aromatic carbocycles. The highest BCUT2D eigenvalue weighted by Gasteiger charge is 2.28. The Balaban J connectivity index is 4.64. The largest absolute Gasteiger partial charge is 0.472 e. The lowest BCUT2D eigenvalue weighted by Gasteiger charge is -2.21. The Morgan fingerprint density at radius 3 is 1.07 bits per heavy atom. The third-order valence-electron chi connectivity index (χ3n) is 12.4. The highest BCUT2D eigenvalue weighted by atomic mass is 31.2. The van der Waals surface area contributed by atoms with Crippen LogP contribution in [-0.4, -0.2) is 66.5 Å². The van der Waals surface area contributed by atoms with E-state index in [1.54, 1.807) is 0 Å². The van der Waals surface area contributed by atoms with Gasteiger partial charge in [-0.05, 0) is 89.9 Å². The third kappa shape index (κ3) is 52.1. The van der Waals surface area contributed by atoms with E-state index in [4.69, 9.17) is 23.3 Å². The number of rotatable bonds is 54. The van der Waals surface area contributed by atoms with Crippen LogP contribution in [0, 0.1) is 0 Å². The first-order valence-electron chi connectivity index (χ1n) is 29.2. The van der Waals surface area contributed by atoms with Gasteiger partial charge >= 0.3 is 25.7 Å². The second-order valence-corrected chi connectivity index (χ2v) is 20.9. The Kier molecular flexibility index (Phi) is 52.3. The summed E-state index contributed by atoms with van der Waals surface area (Å²) in [5.74, 6) is -1.48. The van der Waals surface area contributed by atoms with Crippen molar-refractivity contribution in [2.45, 2.75) is 277 Å². The van der Waals surface area contributed by atoms with Crippen molar-refractivity contribution in [2.75, 3.05) is 26.4 Å². The van der Waals surface area contributed by atoms with Crippen molar-refractivity contribution in [3.05, 3.63) is 60.8 Å². The predicted molar refractivity (Wildman–Crippen MR) is 298 cm³/mol. The highest BCUT2D eigenvalue weighted by molar-refractivity contribution is 7.47. The monoisotopic (exact) mass is 1030 g/mol. The van der Waals surface area contributed by atoms with Crippen LogP contribution < -0.4 is 0 Å². The molecule has 0 saturated heterocycles. The summed E-state index contributed by atoms with van der Waals surface area (Å²) >= 11 is 0.